The second-order valence-electron chi connectivity index (χ2n) is 2.65. The molecule has 0 unspecified atom stereocenters. The predicted molar refractivity (Wildman–Crippen MR) is 51.2 cm³/mol. The number of anilines is 1. The number of nitrogens with zero attached hydrogens (tertiary/aromatic N) is 1. The van der Waals surface area contributed by atoms with Gasteiger partial charge in [0.2, 0.25) is 0 Å². The van der Waals surface area contributed by atoms with Gasteiger partial charge in [-0.05, 0) is 12.1 Å². The number of hydrogen-bond donors (Lipinski definition) is 0. The normalized spacial score (nSPS) is 9.38. The lowest BCUT2D eigenvalue weighted by molar-refractivity contribution is -0.144. The number of hydroxylamine groups is 1. The van der Waals surface area contributed by atoms with E-state index in [1.807, 2.05) is 30.3 Å². The molecule has 0 N–H and O–H groups in total. The van der Waals surface area contributed by atoms with Crippen molar-refractivity contribution in [3.05, 3.63) is 30.3 Å². The smallest absolute Gasteiger partial charge is 0.332 e. The number of rotatable bonds is 3. The summed E-state index contributed by atoms with van der Waals surface area (Å²) in [6.45, 7) is 1.77. The van der Waals surface area contributed by atoms with Crippen LogP contribution in [0, 0.1) is 0 Å². The van der Waals surface area contributed by atoms with Crippen LogP contribution in [0.1, 0.15) is 13.3 Å². The first-order chi connectivity index (χ1) is 6.24. The zero-order valence-electron chi connectivity index (χ0n) is 7.86. The van der Waals surface area contributed by atoms with Crippen LogP contribution in [0.2, 0.25) is 0 Å². The third-order valence-corrected chi connectivity index (χ3v) is 1.65. The molecule has 0 aliphatic carbocycles. The van der Waals surface area contributed by atoms with Crippen LogP contribution in [-0.4, -0.2) is 13.0 Å². The van der Waals surface area contributed by atoms with E-state index < -0.39 is 0 Å². The first kappa shape index (κ1) is 9.58. The summed E-state index contributed by atoms with van der Waals surface area (Å²) in [5.41, 5.74) is 0.865. The summed E-state index contributed by atoms with van der Waals surface area (Å²) >= 11 is 0. The Bertz CT molecular complexity index is 272. The van der Waals surface area contributed by atoms with Gasteiger partial charge in [-0.15, -0.1) is 0 Å². The first-order valence-electron chi connectivity index (χ1n) is 4.23. The van der Waals surface area contributed by atoms with Crippen molar-refractivity contribution in [2.24, 2.45) is 0 Å². The minimum Gasteiger partial charge on any atom is -0.341 e. The molecule has 1 aromatic carbocycles. The number of benzene rings is 1. The number of carbonyl (C=O) groups excluding carboxylic acids is 1. The Kier molecular flexibility index (Phi) is 3.31. The molecule has 13 heavy (non-hydrogen) atoms. The van der Waals surface area contributed by atoms with Crippen LogP contribution in [-0.2, 0) is 9.63 Å². The Morgan fingerprint density at radius 2 is 2.00 bits per heavy atom. The highest BCUT2D eigenvalue weighted by Gasteiger charge is 2.04. The zero-order chi connectivity index (χ0) is 9.68. The Hall–Kier alpha value is -1.51. The largest absolute Gasteiger partial charge is 0.341 e. The van der Waals surface area contributed by atoms with Crippen molar-refractivity contribution in [1.29, 1.82) is 0 Å². The molecule has 0 atom stereocenters. The molecule has 0 amide bonds. The average Bonchev–Trinajstić information content (AvgIpc) is 2.19. The highest BCUT2D eigenvalue weighted by atomic mass is 16.7. The van der Waals surface area contributed by atoms with Crippen molar-refractivity contribution in [3.8, 4) is 0 Å². The number of hydrogen-bond acceptors (Lipinski definition) is 3. The SMILES string of the molecule is CCC(=O)ON(C)c1ccccc1. The van der Waals surface area contributed by atoms with Gasteiger partial charge in [0, 0.05) is 13.5 Å². The van der Waals surface area contributed by atoms with Gasteiger partial charge in [0.05, 0.1) is 5.69 Å². The van der Waals surface area contributed by atoms with E-state index in [0.29, 0.717) is 6.42 Å². The standard InChI is InChI=1S/C10H13NO2/c1-3-10(12)13-11(2)9-7-5-4-6-8-9/h4-8H,3H2,1-2H3. The highest BCUT2D eigenvalue weighted by molar-refractivity contribution is 5.70. The summed E-state index contributed by atoms with van der Waals surface area (Å²) in [6, 6.07) is 9.46. The van der Waals surface area contributed by atoms with Crippen molar-refractivity contribution in [1.82, 2.24) is 0 Å². The molecule has 0 fully saturated rings. The third kappa shape index (κ3) is 2.78. The molecule has 1 rings (SSSR count). The molecule has 0 aliphatic heterocycles. The molecule has 3 nitrogen and oxygen atoms in total. The van der Waals surface area contributed by atoms with Gasteiger partial charge in [-0.25, -0.2) is 9.86 Å². The molecule has 70 valence electrons. The number of carbonyl (C=O) groups is 1. The van der Waals surface area contributed by atoms with Crippen molar-refractivity contribution < 1.29 is 9.63 Å². The summed E-state index contributed by atoms with van der Waals surface area (Å²) in [5.74, 6) is -0.230. The average molecular weight is 179 g/mol. The monoisotopic (exact) mass is 179 g/mol. The maximum absolute atomic E-state index is 10.9. The van der Waals surface area contributed by atoms with Crippen molar-refractivity contribution >= 4 is 11.7 Å². The van der Waals surface area contributed by atoms with Crippen LogP contribution in [0.4, 0.5) is 5.69 Å². The van der Waals surface area contributed by atoms with Crippen LogP contribution in [0.15, 0.2) is 30.3 Å². The van der Waals surface area contributed by atoms with E-state index in [9.17, 15) is 4.79 Å². The van der Waals surface area contributed by atoms with E-state index in [2.05, 4.69) is 0 Å². The van der Waals surface area contributed by atoms with E-state index >= 15 is 0 Å². The van der Waals surface area contributed by atoms with E-state index in [0.717, 1.165) is 5.69 Å². The number of para-hydroxylation sites is 1. The molecular formula is C10H13NO2. The summed E-state index contributed by atoms with van der Waals surface area (Å²) < 4.78 is 0. The fourth-order valence-corrected chi connectivity index (χ4v) is 0.908. The lowest BCUT2D eigenvalue weighted by Gasteiger charge is -2.17. The molecular weight excluding hydrogens is 166 g/mol. The molecule has 0 saturated heterocycles. The molecule has 0 radical (unpaired) electrons. The van der Waals surface area contributed by atoms with Crippen LogP contribution in [0.3, 0.4) is 0 Å². The lowest BCUT2D eigenvalue weighted by Crippen LogP contribution is -2.21. The molecule has 0 heterocycles. The summed E-state index contributed by atoms with van der Waals surface area (Å²) in [5, 5.41) is 1.46. The third-order valence-electron chi connectivity index (χ3n) is 1.65. The highest BCUT2D eigenvalue weighted by Crippen LogP contribution is 2.11. The molecule has 1 aromatic rings. The Morgan fingerprint density at radius 1 is 1.38 bits per heavy atom. The Morgan fingerprint density at radius 3 is 2.54 bits per heavy atom. The van der Waals surface area contributed by atoms with Gasteiger partial charge in [0.1, 0.15) is 0 Å². The maximum Gasteiger partial charge on any atom is 0.332 e. The maximum atomic E-state index is 10.9. The summed E-state index contributed by atoms with van der Waals surface area (Å²) in [4.78, 5) is 15.9. The fourth-order valence-electron chi connectivity index (χ4n) is 0.908. The van der Waals surface area contributed by atoms with E-state index in [-0.39, 0.29) is 5.97 Å². The molecule has 0 aromatic heterocycles. The van der Waals surface area contributed by atoms with E-state index in [1.54, 1.807) is 14.0 Å². The quantitative estimate of drug-likeness (QED) is 0.664. The van der Waals surface area contributed by atoms with Gasteiger partial charge in [-0.2, -0.15) is 0 Å². The molecule has 0 saturated carbocycles. The van der Waals surface area contributed by atoms with Gasteiger partial charge >= 0.3 is 5.97 Å². The van der Waals surface area contributed by atoms with Gasteiger partial charge < -0.3 is 4.84 Å². The second-order valence-corrected chi connectivity index (χ2v) is 2.65. The molecule has 3 heteroatoms. The summed E-state index contributed by atoms with van der Waals surface area (Å²) in [7, 11) is 1.71. The first-order valence-corrected chi connectivity index (χ1v) is 4.23. The molecule has 0 spiro atoms. The van der Waals surface area contributed by atoms with E-state index in [1.165, 1.54) is 5.06 Å². The van der Waals surface area contributed by atoms with Crippen molar-refractivity contribution in [2.75, 3.05) is 12.1 Å². The van der Waals surface area contributed by atoms with Crippen molar-refractivity contribution in [3.63, 3.8) is 0 Å². The predicted octanol–water partition coefficient (Wildman–Crippen LogP) is 1.99. The fraction of sp³-hybridized carbons (Fsp3) is 0.300. The van der Waals surface area contributed by atoms with Crippen LogP contribution < -0.4 is 5.06 Å². The second kappa shape index (κ2) is 4.50. The Balaban J connectivity index is 2.59. The zero-order valence-corrected chi connectivity index (χ0v) is 7.86. The minimum absolute atomic E-state index is 0.230. The molecule has 0 bridgehead atoms. The van der Waals surface area contributed by atoms with Gasteiger partial charge in [-0.1, -0.05) is 25.1 Å². The topological polar surface area (TPSA) is 29.5 Å². The van der Waals surface area contributed by atoms with Crippen molar-refractivity contribution in [2.45, 2.75) is 13.3 Å². The Labute approximate surface area is 77.9 Å². The van der Waals surface area contributed by atoms with Crippen LogP contribution in [0.5, 0.6) is 0 Å². The van der Waals surface area contributed by atoms with Gasteiger partial charge in [0.25, 0.3) is 0 Å². The van der Waals surface area contributed by atoms with Gasteiger partial charge in [-0.3, -0.25) is 0 Å². The summed E-state index contributed by atoms with van der Waals surface area (Å²) in [6.07, 6.45) is 0.386. The minimum atomic E-state index is -0.230. The van der Waals surface area contributed by atoms with Crippen LogP contribution >= 0.6 is 0 Å². The van der Waals surface area contributed by atoms with Crippen LogP contribution in [0.25, 0.3) is 0 Å². The van der Waals surface area contributed by atoms with Gasteiger partial charge in [0.15, 0.2) is 0 Å². The van der Waals surface area contributed by atoms with E-state index in [4.69, 9.17) is 4.84 Å². The lowest BCUT2D eigenvalue weighted by atomic mass is 10.3. The molecule has 0 aliphatic rings.